The lowest BCUT2D eigenvalue weighted by Crippen LogP contribution is -2.55. The van der Waals surface area contributed by atoms with Crippen molar-refractivity contribution in [2.75, 3.05) is 6.54 Å². The van der Waals surface area contributed by atoms with Gasteiger partial charge in [0.05, 0.1) is 18.6 Å². The number of ether oxygens (including phenoxy) is 1. The third-order valence-electron chi connectivity index (χ3n) is 6.06. The van der Waals surface area contributed by atoms with Crippen LogP contribution in [0.2, 0.25) is 0 Å². The number of alkyl halides is 4. The number of nitrogens with one attached hydrogen (secondary N) is 2. The molecule has 1 aliphatic heterocycles. The highest BCUT2D eigenvalue weighted by molar-refractivity contribution is 7.91. The number of esters is 1. The van der Waals surface area contributed by atoms with Crippen molar-refractivity contribution in [1.82, 2.24) is 9.62 Å². The van der Waals surface area contributed by atoms with Crippen LogP contribution in [0.3, 0.4) is 0 Å². The molecule has 4 atom stereocenters. The number of carbonyl (C=O) groups is 2. The summed E-state index contributed by atoms with van der Waals surface area (Å²) in [6.07, 6.45) is -2.95. The summed E-state index contributed by atoms with van der Waals surface area (Å²) in [5.41, 5.74) is -8.29. The molecule has 0 spiro atoms. The third-order valence-corrected chi connectivity index (χ3v) is 7.32. The van der Waals surface area contributed by atoms with Crippen LogP contribution in [0.4, 0.5) is 30.7 Å². The lowest BCUT2D eigenvalue weighted by atomic mass is 9.95. The summed E-state index contributed by atoms with van der Waals surface area (Å²) in [6, 6.07) is 2.18. The maximum Gasteiger partial charge on any atom is 0.492 e. The molecule has 1 fully saturated rings. The van der Waals surface area contributed by atoms with Gasteiger partial charge in [-0.3, -0.25) is 9.59 Å². The first kappa shape index (κ1) is 30.3. The highest BCUT2D eigenvalue weighted by Crippen LogP contribution is 2.33. The fraction of sp³-hybridized carbons (Fsp3) is 0.417. The van der Waals surface area contributed by atoms with Crippen LogP contribution in [0.5, 0.6) is 0 Å². The molecule has 0 radical (unpaired) electrons. The molecule has 2 aromatic rings. The number of nitrogens with zero attached hydrogens (tertiary/aromatic N) is 1. The van der Waals surface area contributed by atoms with Crippen molar-refractivity contribution in [2.24, 2.45) is 0 Å². The van der Waals surface area contributed by atoms with Gasteiger partial charge in [0.2, 0.25) is 9.92 Å². The van der Waals surface area contributed by atoms with E-state index >= 15 is 8.78 Å². The number of benzene rings is 2. The van der Waals surface area contributed by atoms with Gasteiger partial charge < -0.3 is 9.64 Å². The molecule has 15 heteroatoms. The molecule has 1 heterocycles. The Bertz CT molecular complexity index is 1360. The maximum absolute atomic E-state index is 15.6. The van der Waals surface area contributed by atoms with Crippen molar-refractivity contribution >= 4 is 21.8 Å². The van der Waals surface area contributed by atoms with Gasteiger partial charge in [-0.05, 0) is 43.5 Å². The van der Waals surface area contributed by atoms with Gasteiger partial charge in [-0.15, -0.1) is 0 Å². The summed E-state index contributed by atoms with van der Waals surface area (Å²) >= 11 is 0. The largest absolute Gasteiger partial charge is 0.492 e. The zero-order valence-electron chi connectivity index (χ0n) is 20.7. The van der Waals surface area contributed by atoms with Crippen LogP contribution in [0.1, 0.15) is 26.3 Å². The first-order valence-corrected chi connectivity index (χ1v) is 12.9. The Morgan fingerprint density at radius 3 is 2.26 bits per heavy atom. The zero-order chi connectivity index (χ0) is 29.5. The summed E-state index contributed by atoms with van der Waals surface area (Å²) in [4.78, 5) is 25.4. The molecule has 0 aromatic heterocycles. The highest BCUT2D eigenvalue weighted by Gasteiger charge is 2.52. The standard InChI is InChI=1S/C24H24F7N3O4S/c1-12(35)38-23(2,3)22(36)34-11-18(27)21(33-39(32,37)24(29,30)31)19(34)9-13-5-4-6-17(20(13)28)14-7-15(25)10-16(26)8-14/h4-8,10,18-19,21H,9,11H2,1-3H3,(H2,32,33,37)/t18-,19-,21-,39?/m0/s1. The molecular weight excluding hydrogens is 559 g/mol. The Morgan fingerprint density at radius 1 is 1.13 bits per heavy atom. The van der Waals surface area contributed by atoms with E-state index in [-0.39, 0.29) is 16.7 Å². The molecule has 1 aliphatic rings. The van der Waals surface area contributed by atoms with Gasteiger partial charge in [0, 0.05) is 18.6 Å². The average Bonchev–Trinajstić information content (AvgIpc) is 3.06. The van der Waals surface area contributed by atoms with Crippen molar-refractivity contribution in [2.45, 2.75) is 56.6 Å². The zero-order valence-corrected chi connectivity index (χ0v) is 21.6. The number of amides is 1. The molecule has 214 valence electrons. The highest BCUT2D eigenvalue weighted by atomic mass is 32.2. The van der Waals surface area contributed by atoms with E-state index in [4.69, 9.17) is 9.52 Å². The van der Waals surface area contributed by atoms with E-state index in [1.807, 2.05) is 0 Å². The molecule has 2 aromatic carbocycles. The van der Waals surface area contributed by atoms with Crippen LogP contribution in [0, 0.1) is 22.2 Å². The maximum atomic E-state index is 15.6. The predicted molar refractivity (Wildman–Crippen MR) is 126 cm³/mol. The van der Waals surface area contributed by atoms with E-state index in [9.17, 15) is 35.8 Å². The van der Waals surface area contributed by atoms with Gasteiger partial charge in [-0.2, -0.15) is 13.2 Å². The van der Waals surface area contributed by atoms with Crippen LogP contribution in [-0.2, 0) is 30.7 Å². The number of hydrogen-bond acceptors (Lipinski definition) is 5. The van der Waals surface area contributed by atoms with Crippen molar-refractivity contribution < 1.29 is 49.3 Å². The molecule has 1 unspecified atom stereocenters. The van der Waals surface area contributed by atoms with Gasteiger partial charge in [0.1, 0.15) is 23.6 Å². The molecule has 0 saturated carbocycles. The quantitative estimate of drug-likeness (QED) is 0.367. The lowest BCUT2D eigenvalue weighted by Gasteiger charge is -2.34. The van der Waals surface area contributed by atoms with Crippen molar-refractivity contribution in [1.29, 1.82) is 4.78 Å². The monoisotopic (exact) mass is 583 g/mol. The fourth-order valence-electron chi connectivity index (χ4n) is 4.40. The Balaban J connectivity index is 2.08. The molecule has 2 N–H and O–H groups in total. The third kappa shape index (κ3) is 6.52. The average molecular weight is 584 g/mol. The molecule has 39 heavy (non-hydrogen) atoms. The Labute approximate surface area is 219 Å². The minimum absolute atomic E-state index is 0.202. The number of hydrogen-bond donors (Lipinski definition) is 2. The second-order valence-corrected chi connectivity index (χ2v) is 11.2. The Kier molecular flexibility index (Phi) is 8.37. The molecule has 0 aliphatic carbocycles. The Hall–Kier alpha value is -3.20. The second-order valence-electron chi connectivity index (χ2n) is 9.43. The molecule has 1 amide bonds. The summed E-state index contributed by atoms with van der Waals surface area (Å²) in [6.45, 7) is 2.46. The van der Waals surface area contributed by atoms with E-state index in [0.717, 1.165) is 37.8 Å². The van der Waals surface area contributed by atoms with Crippen molar-refractivity contribution in [3.05, 3.63) is 59.4 Å². The van der Waals surface area contributed by atoms with Crippen LogP contribution in [-0.4, -0.2) is 56.9 Å². The predicted octanol–water partition coefficient (Wildman–Crippen LogP) is 4.64. The minimum atomic E-state index is -5.60. The van der Waals surface area contributed by atoms with E-state index < -0.39 is 81.6 Å². The minimum Gasteiger partial charge on any atom is -0.450 e. The van der Waals surface area contributed by atoms with E-state index in [1.165, 1.54) is 22.9 Å². The number of halogens is 7. The summed E-state index contributed by atoms with van der Waals surface area (Å²) in [5.74, 6) is -4.99. The smallest absolute Gasteiger partial charge is 0.450 e. The van der Waals surface area contributed by atoms with Crippen LogP contribution < -0.4 is 4.72 Å². The SMILES string of the molecule is CC(=O)OC(C)(C)C(=O)N1C[C@H](F)[C@H](NS(=N)(=O)C(F)(F)F)[C@@H]1Cc1cccc(-c2cc(F)cc(F)c2)c1F. The van der Waals surface area contributed by atoms with Gasteiger partial charge >= 0.3 is 11.5 Å². The summed E-state index contributed by atoms with van der Waals surface area (Å²) in [7, 11) is -5.60. The fourth-order valence-corrected chi connectivity index (χ4v) is 5.22. The van der Waals surface area contributed by atoms with E-state index in [1.54, 1.807) is 0 Å². The first-order valence-electron chi connectivity index (χ1n) is 11.3. The van der Waals surface area contributed by atoms with Crippen molar-refractivity contribution in [3.63, 3.8) is 0 Å². The summed E-state index contributed by atoms with van der Waals surface area (Å²) in [5, 5.41) is 0. The van der Waals surface area contributed by atoms with Crippen LogP contribution in [0.25, 0.3) is 11.1 Å². The van der Waals surface area contributed by atoms with Crippen molar-refractivity contribution in [3.8, 4) is 11.1 Å². The number of likely N-dealkylation sites (tertiary alicyclic amines) is 1. The first-order chi connectivity index (χ1) is 17.8. The van der Waals surface area contributed by atoms with E-state index in [2.05, 4.69) is 0 Å². The molecular formula is C24H24F7N3O4S. The molecule has 0 bridgehead atoms. The van der Waals surface area contributed by atoms with Crippen LogP contribution >= 0.6 is 0 Å². The molecule has 3 rings (SSSR count). The van der Waals surface area contributed by atoms with Gasteiger partial charge in [0.25, 0.3) is 5.91 Å². The van der Waals surface area contributed by atoms with Gasteiger partial charge in [0.15, 0.2) is 5.60 Å². The number of rotatable bonds is 7. The molecule has 7 nitrogen and oxygen atoms in total. The van der Waals surface area contributed by atoms with Crippen LogP contribution in [0.15, 0.2) is 36.4 Å². The lowest BCUT2D eigenvalue weighted by molar-refractivity contribution is -0.169. The van der Waals surface area contributed by atoms with Gasteiger partial charge in [-0.25, -0.2) is 31.3 Å². The molecule has 1 saturated heterocycles. The van der Waals surface area contributed by atoms with E-state index in [0.29, 0.717) is 6.07 Å². The van der Waals surface area contributed by atoms with Gasteiger partial charge in [-0.1, -0.05) is 18.2 Å². The second kappa shape index (κ2) is 10.8. The summed E-state index contributed by atoms with van der Waals surface area (Å²) < 4.78 is 123. The normalized spacial score (nSPS) is 21.5. The number of carbonyl (C=O) groups excluding carboxylic acids is 2. The Morgan fingerprint density at radius 2 is 1.72 bits per heavy atom. The topological polar surface area (TPSA) is 99.6 Å².